The molecule has 0 unspecified atom stereocenters. The number of carbonyl (C=O) groups is 1. The number of aliphatic imine (C=N–C) groups is 1. The molecule has 1 fully saturated rings. The number of para-hydroxylation sites is 1. The lowest BCUT2D eigenvalue weighted by Gasteiger charge is -2.25. The van der Waals surface area contributed by atoms with Crippen LogP contribution in [0.2, 0.25) is 0 Å². The number of aldehydes is 1. The number of nitrogens with zero attached hydrogens (tertiary/aromatic N) is 2. The Morgan fingerprint density at radius 1 is 1.38 bits per heavy atom. The Morgan fingerprint density at radius 3 is 2.79 bits per heavy atom. The van der Waals surface area contributed by atoms with Gasteiger partial charge in [0.25, 0.3) is 0 Å². The molecule has 0 spiro atoms. The van der Waals surface area contributed by atoms with Crippen molar-refractivity contribution in [1.29, 1.82) is 0 Å². The van der Waals surface area contributed by atoms with Crippen molar-refractivity contribution >= 4 is 33.6 Å². The minimum Gasteiger partial charge on any atom is -0.358 e. The first-order chi connectivity index (χ1) is 11.4. The Morgan fingerprint density at radius 2 is 2.12 bits per heavy atom. The summed E-state index contributed by atoms with van der Waals surface area (Å²) in [5.74, 6) is 0.657. The summed E-state index contributed by atoms with van der Waals surface area (Å²) in [6.07, 6.45) is 2.66. The topological polar surface area (TPSA) is 76.0 Å². The van der Waals surface area contributed by atoms with Gasteiger partial charge < -0.3 is 8.98 Å². The van der Waals surface area contributed by atoms with E-state index in [0.717, 1.165) is 24.9 Å². The van der Waals surface area contributed by atoms with Crippen LogP contribution in [0.15, 0.2) is 29.3 Å². The number of benzene rings is 1. The summed E-state index contributed by atoms with van der Waals surface area (Å²) in [4.78, 5) is 17.8. The number of rotatable bonds is 5. The molecule has 0 bridgehead atoms. The molecule has 2 heterocycles. The minimum absolute atomic E-state index is 0.00925. The predicted molar refractivity (Wildman–Crippen MR) is 90.5 cm³/mol. The number of thioether (sulfide) groups is 1. The summed E-state index contributed by atoms with van der Waals surface area (Å²) in [7, 11) is -3.17. The van der Waals surface area contributed by atoms with Crippen LogP contribution in [0.1, 0.15) is 18.4 Å². The minimum atomic E-state index is -5.09. The molecular weight excluding hydrogens is 355 g/mol. The van der Waals surface area contributed by atoms with E-state index in [9.17, 15) is 17.1 Å². The lowest BCUT2D eigenvalue weighted by Crippen LogP contribution is -2.40. The lowest BCUT2D eigenvalue weighted by molar-refractivity contribution is -0.111. The standard InChI is InChI=1S/C15H17FN2O4S2/c1-18-10(8-19)6-7-13(18)12-9-23-15(17-12)11-4-2-3-5-14(11)22-24(16,20)21/h2-5,8,10,12-13H,6-7,9H2,1H3/t10-,12+,13+/m1/s1. The van der Waals surface area contributed by atoms with Crippen LogP contribution in [0.5, 0.6) is 5.75 Å². The van der Waals surface area contributed by atoms with Crippen LogP contribution in [-0.4, -0.2) is 55.6 Å². The first-order valence-corrected chi connectivity index (χ1v) is 9.80. The highest BCUT2D eigenvalue weighted by Gasteiger charge is 2.38. The summed E-state index contributed by atoms with van der Waals surface area (Å²) in [5, 5.41) is 0.627. The molecule has 2 aliphatic rings. The van der Waals surface area contributed by atoms with Crippen molar-refractivity contribution in [1.82, 2.24) is 4.90 Å². The van der Waals surface area contributed by atoms with E-state index in [0.29, 0.717) is 10.6 Å². The zero-order valence-electron chi connectivity index (χ0n) is 13.0. The summed E-state index contributed by atoms with van der Waals surface area (Å²) in [6.45, 7) is 0. The van der Waals surface area contributed by atoms with Gasteiger partial charge in [-0.05, 0) is 32.0 Å². The van der Waals surface area contributed by atoms with Crippen molar-refractivity contribution in [3.05, 3.63) is 29.8 Å². The van der Waals surface area contributed by atoms with Crippen LogP contribution in [0.3, 0.4) is 0 Å². The van der Waals surface area contributed by atoms with Crippen molar-refractivity contribution in [3.8, 4) is 5.75 Å². The van der Waals surface area contributed by atoms with Gasteiger partial charge in [0.05, 0.1) is 17.6 Å². The summed E-state index contributed by atoms with van der Waals surface area (Å²) < 4.78 is 38.8. The molecule has 3 rings (SSSR count). The van der Waals surface area contributed by atoms with Gasteiger partial charge in [0.2, 0.25) is 0 Å². The summed E-state index contributed by atoms with van der Waals surface area (Å²) in [6, 6.07) is 6.44. The average molecular weight is 372 g/mol. The van der Waals surface area contributed by atoms with Crippen molar-refractivity contribution in [3.63, 3.8) is 0 Å². The van der Waals surface area contributed by atoms with Crippen molar-refractivity contribution in [2.24, 2.45) is 4.99 Å². The molecule has 0 aromatic heterocycles. The van der Waals surface area contributed by atoms with Gasteiger partial charge >= 0.3 is 10.5 Å². The molecule has 0 amide bonds. The highest BCUT2D eigenvalue weighted by atomic mass is 32.3. The van der Waals surface area contributed by atoms with Crippen LogP contribution in [0.25, 0.3) is 0 Å². The Balaban J connectivity index is 1.83. The fourth-order valence-corrected chi connectivity index (χ4v) is 4.70. The Bertz CT molecular complexity index is 768. The first-order valence-electron chi connectivity index (χ1n) is 7.50. The molecule has 0 saturated carbocycles. The van der Waals surface area contributed by atoms with Crippen LogP contribution in [0, 0.1) is 0 Å². The van der Waals surface area contributed by atoms with Gasteiger partial charge in [0.15, 0.2) is 5.75 Å². The SMILES string of the molecule is CN1[C@@H](C=O)CC[C@H]1[C@@H]1CSC(c2ccccc2OS(=O)(=O)F)=N1. The molecule has 6 nitrogen and oxygen atoms in total. The number of halogens is 1. The van der Waals surface area contributed by atoms with Gasteiger partial charge in [0.1, 0.15) is 11.3 Å². The molecule has 1 aromatic carbocycles. The molecule has 0 aliphatic carbocycles. The number of hydrogen-bond donors (Lipinski definition) is 0. The van der Waals surface area contributed by atoms with E-state index in [4.69, 9.17) is 0 Å². The normalized spacial score (nSPS) is 27.9. The lowest BCUT2D eigenvalue weighted by atomic mass is 10.1. The molecule has 1 aromatic rings. The van der Waals surface area contributed by atoms with Gasteiger partial charge in [0, 0.05) is 11.8 Å². The maximum absolute atomic E-state index is 12.9. The zero-order valence-corrected chi connectivity index (χ0v) is 14.6. The van der Waals surface area contributed by atoms with Gasteiger partial charge in [-0.2, -0.15) is 8.42 Å². The average Bonchev–Trinajstić information content (AvgIpc) is 3.12. The van der Waals surface area contributed by atoms with E-state index in [2.05, 4.69) is 9.18 Å². The molecule has 24 heavy (non-hydrogen) atoms. The van der Waals surface area contributed by atoms with Crippen molar-refractivity contribution in [2.45, 2.75) is 31.0 Å². The van der Waals surface area contributed by atoms with E-state index in [1.165, 1.54) is 17.8 Å². The van der Waals surface area contributed by atoms with Gasteiger partial charge in [-0.25, -0.2) is 0 Å². The van der Waals surface area contributed by atoms with Crippen molar-refractivity contribution < 1.29 is 21.3 Å². The van der Waals surface area contributed by atoms with E-state index >= 15 is 0 Å². The summed E-state index contributed by atoms with van der Waals surface area (Å²) >= 11 is 1.48. The second-order valence-electron chi connectivity index (χ2n) is 5.80. The highest BCUT2D eigenvalue weighted by Crippen LogP contribution is 2.35. The van der Waals surface area contributed by atoms with Crippen LogP contribution < -0.4 is 4.18 Å². The van der Waals surface area contributed by atoms with Gasteiger partial charge in [-0.3, -0.25) is 9.89 Å². The number of likely N-dealkylation sites (N-methyl/N-ethyl adjacent to an activating group) is 1. The van der Waals surface area contributed by atoms with Crippen LogP contribution in [-0.2, 0) is 15.3 Å². The molecule has 2 aliphatic heterocycles. The van der Waals surface area contributed by atoms with Crippen LogP contribution in [0.4, 0.5) is 3.89 Å². The summed E-state index contributed by atoms with van der Waals surface area (Å²) in [5.41, 5.74) is 0.457. The van der Waals surface area contributed by atoms with Gasteiger partial charge in [-0.1, -0.05) is 16.0 Å². The number of likely N-dealkylation sites (tertiary alicyclic amines) is 1. The van der Waals surface area contributed by atoms with E-state index in [1.807, 2.05) is 11.9 Å². The monoisotopic (exact) mass is 372 g/mol. The molecule has 1 saturated heterocycles. The second kappa shape index (κ2) is 6.81. The number of hydrogen-bond acceptors (Lipinski definition) is 7. The Kier molecular flexibility index (Phi) is 4.93. The van der Waals surface area contributed by atoms with E-state index < -0.39 is 10.5 Å². The van der Waals surface area contributed by atoms with Crippen molar-refractivity contribution in [2.75, 3.05) is 12.8 Å². The maximum Gasteiger partial charge on any atom is 0.488 e. The number of carbonyl (C=O) groups excluding carboxylic acids is 1. The molecular formula is C15H17FN2O4S2. The fraction of sp³-hybridized carbons (Fsp3) is 0.467. The second-order valence-corrected chi connectivity index (χ2v) is 7.76. The molecule has 0 radical (unpaired) electrons. The first kappa shape index (κ1) is 17.4. The molecule has 130 valence electrons. The maximum atomic E-state index is 12.9. The largest absolute Gasteiger partial charge is 0.488 e. The third kappa shape index (κ3) is 3.62. The molecule has 9 heteroatoms. The Labute approximate surface area is 144 Å². The highest BCUT2D eigenvalue weighted by molar-refractivity contribution is 8.14. The smallest absolute Gasteiger partial charge is 0.358 e. The quantitative estimate of drug-likeness (QED) is 0.580. The van der Waals surface area contributed by atoms with Gasteiger partial charge in [-0.15, -0.1) is 11.8 Å². The van der Waals surface area contributed by atoms with Crippen LogP contribution >= 0.6 is 11.8 Å². The molecule has 3 atom stereocenters. The predicted octanol–water partition coefficient (Wildman–Crippen LogP) is 1.80. The van der Waals surface area contributed by atoms with E-state index in [1.54, 1.807) is 18.2 Å². The van der Waals surface area contributed by atoms with E-state index in [-0.39, 0.29) is 23.9 Å². The third-order valence-electron chi connectivity index (χ3n) is 4.39. The third-order valence-corrected chi connectivity index (χ3v) is 5.87. The fourth-order valence-electron chi connectivity index (χ4n) is 3.18. The Hall–Kier alpha value is -1.45. The zero-order chi connectivity index (χ0) is 17.3. The molecule has 0 N–H and O–H groups in total.